The zero-order valence-electron chi connectivity index (χ0n) is 36.8. The summed E-state index contributed by atoms with van der Waals surface area (Å²) < 4.78 is 20.8. The summed E-state index contributed by atoms with van der Waals surface area (Å²) in [6.07, 6.45) is 4.99. The number of amides is 1. The molecule has 0 saturated carbocycles. The summed E-state index contributed by atoms with van der Waals surface area (Å²) in [5.74, 6) is -0.469. The Bertz CT molecular complexity index is 3000. The van der Waals surface area contributed by atoms with Gasteiger partial charge in [0, 0.05) is 93.4 Å². The van der Waals surface area contributed by atoms with Crippen LogP contribution in [0.4, 0.5) is 5.69 Å². The van der Waals surface area contributed by atoms with Gasteiger partial charge in [0.25, 0.3) is 5.91 Å². The van der Waals surface area contributed by atoms with Crippen LogP contribution in [0.3, 0.4) is 0 Å². The maximum absolute atomic E-state index is 14.4. The van der Waals surface area contributed by atoms with Gasteiger partial charge >= 0.3 is 8.80 Å². The van der Waals surface area contributed by atoms with Crippen molar-refractivity contribution in [3.05, 3.63) is 124 Å². The Kier molecular flexibility index (Phi) is 13.4. The monoisotopic (exact) mass is 926 g/mol. The molecule has 2 aromatic carbocycles. The number of nitriles is 1. The first kappa shape index (κ1) is 44.6. The molecule has 0 atom stereocenters. The molecular weight excluding hydrogens is 877 g/mol. The molecule has 0 aliphatic rings. The van der Waals surface area contributed by atoms with Crippen molar-refractivity contribution in [3.8, 4) is 45.8 Å². The summed E-state index contributed by atoms with van der Waals surface area (Å²) in [6.45, 7) is 18.5. The van der Waals surface area contributed by atoms with Crippen molar-refractivity contribution < 1.29 is 18.1 Å². The molecule has 0 N–H and O–H groups in total. The smallest absolute Gasteiger partial charge is 0.373 e. The van der Waals surface area contributed by atoms with Crippen LogP contribution in [0.1, 0.15) is 54.8 Å². The van der Waals surface area contributed by atoms with Crippen molar-refractivity contribution in [2.75, 3.05) is 30.9 Å². The number of hydrogen-bond donors (Lipinski definition) is 0. The highest BCUT2D eigenvalue weighted by atomic mass is 32.1. The quantitative estimate of drug-likeness (QED) is 0.0545. The van der Waals surface area contributed by atoms with E-state index < -0.39 is 14.7 Å². The summed E-state index contributed by atoms with van der Waals surface area (Å²) in [5.41, 5.74) is 9.12. The molecule has 13 heteroatoms. The van der Waals surface area contributed by atoms with Crippen molar-refractivity contribution in [1.82, 2.24) is 9.55 Å². The number of nitrogens with zero attached hydrogens (tertiary/aromatic N) is 4. The van der Waals surface area contributed by atoms with Crippen molar-refractivity contribution in [3.63, 3.8) is 0 Å². The second-order valence-corrected chi connectivity index (χ2v) is 22.1. The number of thiophene rings is 4. The van der Waals surface area contributed by atoms with Gasteiger partial charge in [0.2, 0.25) is 0 Å². The molecule has 8 aromatic rings. The first-order valence-electron chi connectivity index (χ1n) is 21.2. The standard InChI is InChI=1S/C50H50N4O4S4Si/c1-9-53-40-18-14-13-17-38(40)39-26-35(19-20-41(39)53)43-23-33(7)48(60-43)49-34(8)25-46(62-49)47-32(6)24-45(61-47)44-22-31(5)42(59-44)27-36(28-51)50(55)54(37-16-15-21-52-29-37)30-63(56-10-2,57-11-3)58-12-4/h13-27,29H,9-12,30H2,1-8H3/b36-27+. The normalized spacial score (nSPS) is 12.1. The fourth-order valence-electron chi connectivity index (χ4n) is 8.15. The minimum atomic E-state index is -3.35. The lowest BCUT2D eigenvalue weighted by atomic mass is 10.1. The zero-order valence-corrected chi connectivity index (χ0v) is 41.1. The molecule has 0 saturated heterocycles. The maximum Gasteiger partial charge on any atom is 0.521 e. The topological polar surface area (TPSA) is 89.6 Å². The Labute approximate surface area is 386 Å². The lowest BCUT2D eigenvalue weighted by Gasteiger charge is -2.33. The Morgan fingerprint density at radius 2 is 1.32 bits per heavy atom. The van der Waals surface area contributed by atoms with Gasteiger partial charge in [-0.05, 0) is 144 Å². The molecule has 0 bridgehead atoms. The van der Waals surface area contributed by atoms with Gasteiger partial charge < -0.3 is 22.7 Å². The fourth-order valence-corrected chi connectivity index (χ4v) is 15.8. The second kappa shape index (κ2) is 19.0. The van der Waals surface area contributed by atoms with Crippen LogP contribution in [0.2, 0.25) is 0 Å². The summed E-state index contributed by atoms with van der Waals surface area (Å²) >= 11 is 7.11. The van der Waals surface area contributed by atoms with Gasteiger partial charge in [-0.1, -0.05) is 24.3 Å². The molecule has 0 spiro atoms. The van der Waals surface area contributed by atoms with E-state index in [2.05, 4.69) is 110 Å². The molecule has 0 radical (unpaired) electrons. The lowest BCUT2D eigenvalue weighted by molar-refractivity contribution is -0.114. The van der Waals surface area contributed by atoms with Crippen molar-refractivity contribution >= 4 is 93.6 Å². The molecule has 322 valence electrons. The van der Waals surface area contributed by atoms with E-state index in [-0.39, 0.29) is 11.7 Å². The molecule has 0 aliphatic carbocycles. The molecule has 1 amide bonds. The van der Waals surface area contributed by atoms with Gasteiger partial charge in [-0.3, -0.25) is 9.78 Å². The SMILES string of the molecule is CCO[Si](CN(C(=O)/C(C#N)=C/c1sc(-c2cc(C)c(-c3cc(C)c(-c4sc(-c5ccc6c(c5)c5ccccc5n6CC)cc4C)s3)s2)cc1C)c1cccnc1)(OCC)OCC. The number of carbonyl (C=O) groups excluding carboxylic acids is 1. The van der Waals surface area contributed by atoms with Crippen LogP contribution in [-0.4, -0.2) is 50.3 Å². The molecule has 6 aromatic heterocycles. The predicted molar refractivity (Wildman–Crippen MR) is 268 cm³/mol. The predicted octanol–water partition coefficient (Wildman–Crippen LogP) is 13.9. The number of pyridine rings is 1. The molecule has 0 unspecified atom stereocenters. The van der Waals surface area contributed by atoms with Crippen LogP contribution in [-0.2, 0) is 24.6 Å². The third-order valence-electron chi connectivity index (χ3n) is 11.0. The highest BCUT2D eigenvalue weighted by Crippen LogP contribution is 2.49. The van der Waals surface area contributed by atoms with Gasteiger partial charge in [-0.15, -0.1) is 45.3 Å². The third-order valence-corrected chi connectivity index (χ3v) is 19.4. The van der Waals surface area contributed by atoms with E-state index in [1.807, 2.05) is 50.4 Å². The van der Waals surface area contributed by atoms with Crippen molar-refractivity contribution in [1.29, 1.82) is 5.26 Å². The fraction of sp³-hybridized carbons (Fsp3) is 0.260. The maximum atomic E-state index is 14.4. The van der Waals surface area contributed by atoms with Crippen LogP contribution in [0.25, 0.3) is 67.6 Å². The van der Waals surface area contributed by atoms with Gasteiger partial charge in [-0.2, -0.15) is 5.26 Å². The number of para-hydroxylation sites is 1. The van der Waals surface area contributed by atoms with Crippen molar-refractivity contribution in [2.45, 2.75) is 61.9 Å². The van der Waals surface area contributed by atoms with Crippen LogP contribution >= 0.6 is 45.3 Å². The first-order chi connectivity index (χ1) is 30.5. The van der Waals surface area contributed by atoms with Crippen molar-refractivity contribution in [2.24, 2.45) is 0 Å². The minimum Gasteiger partial charge on any atom is -0.373 e. The molecule has 63 heavy (non-hydrogen) atoms. The Morgan fingerprint density at radius 3 is 1.98 bits per heavy atom. The van der Waals surface area contributed by atoms with Crippen LogP contribution in [0.5, 0.6) is 0 Å². The first-order valence-corrected chi connectivity index (χ1v) is 26.4. The average Bonchev–Trinajstić information content (AvgIpc) is 4.11. The van der Waals surface area contributed by atoms with Gasteiger partial charge in [0.15, 0.2) is 0 Å². The Balaban J connectivity index is 1.07. The Morgan fingerprint density at radius 1 is 0.714 bits per heavy atom. The number of hydrogen-bond acceptors (Lipinski definition) is 10. The largest absolute Gasteiger partial charge is 0.521 e. The van der Waals surface area contributed by atoms with Gasteiger partial charge in [-0.25, -0.2) is 0 Å². The third kappa shape index (κ3) is 8.79. The molecule has 0 fully saturated rings. The number of fused-ring (bicyclic) bond motifs is 3. The number of aryl methyl sites for hydroxylation is 5. The van der Waals surface area contributed by atoms with E-state index in [1.54, 1.807) is 53.3 Å². The number of carbonyl (C=O) groups is 1. The second-order valence-electron chi connectivity index (χ2n) is 15.3. The Hall–Kier alpha value is -5.01. The zero-order chi connectivity index (χ0) is 44.4. The molecular formula is C50H50N4O4S4Si. The summed E-state index contributed by atoms with van der Waals surface area (Å²) in [7, 11) is -3.35. The highest BCUT2D eigenvalue weighted by Gasteiger charge is 2.45. The van der Waals surface area contributed by atoms with Gasteiger partial charge in [0.1, 0.15) is 11.6 Å². The number of rotatable bonds is 16. The molecule has 8 rings (SSSR count). The van der Waals surface area contributed by atoms with Crippen LogP contribution in [0, 0.1) is 39.0 Å². The highest BCUT2D eigenvalue weighted by molar-refractivity contribution is 7.29. The van der Waals surface area contributed by atoms with Crippen LogP contribution in [0.15, 0.2) is 96.8 Å². The number of anilines is 1. The summed E-state index contributed by atoms with van der Waals surface area (Å²) in [6, 6.07) is 30.5. The average molecular weight is 927 g/mol. The van der Waals surface area contributed by atoms with E-state index in [4.69, 9.17) is 13.3 Å². The van der Waals surface area contributed by atoms with Crippen LogP contribution < -0.4 is 4.90 Å². The summed E-state index contributed by atoms with van der Waals surface area (Å²) in [4.78, 5) is 29.7. The van der Waals surface area contributed by atoms with E-state index in [0.29, 0.717) is 25.5 Å². The lowest BCUT2D eigenvalue weighted by Crippen LogP contribution is -2.57. The number of aromatic nitrogens is 2. The number of benzene rings is 2. The van der Waals surface area contributed by atoms with E-state index in [0.717, 1.165) is 26.7 Å². The van der Waals surface area contributed by atoms with E-state index in [1.165, 1.54) is 73.3 Å². The molecule has 8 nitrogen and oxygen atoms in total. The molecule has 0 aliphatic heterocycles. The van der Waals surface area contributed by atoms with Gasteiger partial charge in [0.05, 0.1) is 18.1 Å². The molecule has 6 heterocycles. The van der Waals surface area contributed by atoms with E-state index in [9.17, 15) is 10.1 Å². The summed E-state index contributed by atoms with van der Waals surface area (Å²) in [5, 5.41) is 13.0. The minimum absolute atomic E-state index is 0.00376. The van der Waals surface area contributed by atoms with E-state index >= 15 is 0 Å².